The van der Waals surface area contributed by atoms with Gasteiger partial charge in [0.25, 0.3) is 0 Å². The summed E-state index contributed by atoms with van der Waals surface area (Å²) >= 11 is 0. The van der Waals surface area contributed by atoms with Crippen molar-refractivity contribution >= 4 is 5.91 Å². The van der Waals surface area contributed by atoms with E-state index < -0.39 is 0 Å². The van der Waals surface area contributed by atoms with Gasteiger partial charge in [-0.1, -0.05) is 6.92 Å². The number of nitrogens with one attached hydrogen (secondary N) is 1. The molecule has 1 saturated carbocycles. The van der Waals surface area contributed by atoms with Crippen molar-refractivity contribution < 1.29 is 4.79 Å². The summed E-state index contributed by atoms with van der Waals surface area (Å²) in [5.74, 6) is 0.954. The third-order valence-electron chi connectivity index (χ3n) is 3.33. The lowest BCUT2D eigenvalue weighted by Gasteiger charge is -2.28. The maximum atomic E-state index is 11.8. The Labute approximate surface area is 92.8 Å². The highest BCUT2D eigenvalue weighted by Crippen LogP contribution is 2.39. The van der Waals surface area contributed by atoms with E-state index >= 15 is 0 Å². The van der Waals surface area contributed by atoms with Gasteiger partial charge in [-0.15, -0.1) is 0 Å². The van der Waals surface area contributed by atoms with Crippen LogP contribution < -0.4 is 11.1 Å². The fraction of sp³-hybridized carbons (Fsp3) is 0.917. The van der Waals surface area contributed by atoms with E-state index in [1.54, 1.807) is 0 Å². The zero-order valence-corrected chi connectivity index (χ0v) is 10.2. The second kappa shape index (κ2) is 4.97. The summed E-state index contributed by atoms with van der Waals surface area (Å²) in [5.41, 5.74) is 5.41. The van der Waals surface area contributed by atoms with Crippen molar-refractivity contribution in [2.75, 3.05) is 6.54 Å². The number of hydrogen-bond donors (Lipinski definition) is 2. The minimum absolute atomic E-state index is 0.0198. The fourth-order valence-electron chi connectivity index (χ4n) is 1.90. The molecule has 1 unspecified atom stereocenters. The molecule has 0 spiro atoms. The highest BCUT2D eigenvalue weighted by atomic mass is 16.2. The van der Waals surface area contributed by atoms with Crippen LogP contribution >= 0.6 is 0 Å². The van der Waals surface area contributed by atoms with Crippen LogP contribution in [-0.2, 0) is 4.79 Å². The first-order chi connectivity index (χ1) is 6.97. The van der Waals surface area contributed by atoms with E-state index in [1.807, 2.05) is 6.92 Å². The Morgan fingerprint density at radius 3 is 2.60 bits per heavy atom. The van der Waals surface area contributed by atoms with Gasteiger partial charge in [0, 0.05) is 11.5 Å². The Balaban J connectivity index is 2.33. The highest BCUT2D eigenvalue weighted by molar-refractivity contribution is 5.79. The normalized spacial score (nSPS) is 18.7. The van der Waals surface area contributed by atoms with E-state index in [9.17, 15) is 4.79 Å². The molecular weight excluding hydrogens is 188 g/mol. The molecule has 0 radical (unpaired) electrons. The van der Waals surface area contributed by atoms with E-state index in [1.165, 1.54) is 12.8 Å². The van der Waals surface area contributed by atoms with Crippen molar-refractivity contribution in [3.8, 4) is 0 Å². The molecule has 0 aromatic carbocycles. The van der Waals surface area contributed by atoms with E-state index in [0.717, 1.165) is 12.8 Å². The van der Waals surface area contributed by atoms with Gasteiger partial charge in [0.1, 0.15) is 0 Å². The quantitative estimate of drug-likeness (QED) is 0.703. The third kappa shape index (κ3) is 3.82. The fourth-order valence-corrected chi connectivity index (χ4v) is 1.90. The van der Waals surface area contributed by atoms with Crippen molar-refractivity contribution in [1.29, 1.82) is 0 Å². The molecule has 0 heterocycles. The smallest absolute Gasteiger partial charge is 0.223 e. The number of nitrogens with two attached hydrogens (primary N) is 1. The number of carbonyl (C=O) groups is 1. The summed E-state index contributed by atoms with van der Waals surface area (Å²) in [4.78, 5) is 11.8. The minimum Gasteiger partial charge on any atom is -0.351 e. The zero-order chi connectivity index (χ0) is 11.5. The predicted molar refractivity (Wildman–Crippen MR) is 62.4 cm³/mol. The Kier molecular flexibility index (Phi) is 4.14. The Morgan fingerprint density at radius 2 is 2.13 bits per heavy atom. The third-order valence-corrected chi connectivity index (χ3v) is 3.33. The number of hydrogen-bond acceptors (Lipinski definition) is 2. The van der Waals surface area contributed by atoms with Gasteiger partial charge in [0.15, 0.2) is 0 Å². The van der Waals surface area contributed by atoms with Crippen LogP contribution in [0.3, 0.4) is 0 Å². The molecule has 1 rings (SSSR count). The van der Waals surface area contributed by atoms with Crippen molar-refractivity contribution in [3.63, 3.8) is 0 Å². The summed E-state index contributed by atoms with van der Waals surface area (Å²) in [6.45, 7) is 6.90. The molecular formula is C12H24N2O. The van der Waals surface area contributed by atoms with Gasteiger partial charge in [0.05, 0.1) is 0 Å². The molecule has 88 valence electrons. The van der Waals surface area contributed by atoms with Gasteiger partial charge in [-0.25, -0.2) is 0 Å². The Hall–Kier alpha value is -0.570. The van der Waals surface area contributed by atoms with Crippen molar-refractivity contribution in [3.05, 3.63) is 0 Å². The molecule has 3 N–H and O–H groups in total. The van der Waals surface area contributed by atoms with Crippen LogP contribution in [0.5, 0.6) is 0 Å². The molecule has 0 aromatic rings. The van der Waals surface area contributed by atoms with Gasteiger partial charge in [-0.05, 0) is 52.0 Å². The van der Waals surface area contributed by atoms with Crippen LogP contribution in [0.15, 0.2) is 0 Å². The molecule has 15 heavy (non-hydrogen) atoms. The molecule has 0 aromatic heterocycles. The van der Waals surface area contributed by atoms with E-state index in [0.29, 0.717) is 12.5 Å². The molecule has 1 aliphatic carbocycles. The second-order valence-corrected chi connectivity index (χ2v) is 5.32. The molecule has 0 bridgehead atoms. The molecule has 0 aliphatic heterocycles. The van der Waals surface area contributed by atoms with Crippen molar-refractivity contribution in [1.82, 2.24) is 5.32 Å². The van der Waals surface area contributed by atoms with Gasteiger partial charge < -0.3 is 11.1 Å². The van der Waals surface area contributed by atoms with Crippen LogP contribution in [0.2, 0.25) is 0 Å². The standard InChI is InChI=1S/C12H24N2O/c1-9(5-4-8-13)11(15)14-12(2,3)10-6-7-10/h9-10H,4-8,13H2,1-3H3,(H,14,15). The Bertz CT molecular complexity index is 222. The number of carbonyl (C=O) groups excluding carboxylic acids is 1. The van der Waals surface area contributed by atoms with Crippen LogP contribution in [0.25, 0.3) is 0 Å². The summed E-state index contributed by atoms with van der Waals surface area (Å²) < 4.78 is 0. The number of amides is 1. The SMILES string of the molecule is CC(CCCN)C(=O)NC(C)(C)C1CC1. The second-order valence-electron chi connectivity index (χ2n) is 5.32. The molecule has 3 heteroatoms. The van der Waals surface area contributed by atoms with Crippen LogP contribution in [0.1, 0.15) is 46.5 Å². The summed E-state index contributed by atoms with van der Waals surface area (Å²) in [7, 11) is 0. The summed E-state index contributed by atoms with van der Waals surface area (Å²) in [5, 5.41) is 3.15. The minimum atomic E-state index is -0.0198. The maximum absolute atomic E-state index is 11.8. The Morgan fingerprint density at radius 1 is 1.53 bits per heavy atom. The molecule has 1 fully saturated rings. The first kappa shape index (κ1) is 12.5. The monoisotopic (exact) mass is 212 g/mol. The molecule has 0 saturated heterocycles. The zero-order valence-electron chi connectivity index (χ0n) is 10.2. The van der Waals surface area contributed by atoms with Crippen molar-refractivity contribution in [2.24, 2.45) is 17.6 Å². The lowest BCUT2D eigenvalue weighted by Crippen LogP contribution is -2.47. The highest BCUT2D eigenvalue weighted by Gasteiger charge is 2.39. The van der Waals surface area contributed by atoms with Crippen molar-refractivity contribution in [2.45, 2.75) is 52.0 Å². The van der Waals surface area contributed by atoms with Crippen LogP contribution in [0, 0.1) is 11.8 Å². The van der Waals surface area contributed by atoms with E-state index in [-0.39, 0.29) is 17.4 Å². The lowest BCUT2D eigenvalue weighted by molar-refractivity contribution is -0.126. The predicted octanol–water partition coefficient (Wildman–Crippen LogP) is 1.67. The van der Waals surface area contributed by atoms with E-state index in [4.69, 9.17) is 5.73 Å². The largest absolute Gasteiger partial charge is 0.351 e. The van der Waals surface area contributed by atoms with Crippen LogP contribution in [-0.4, -0.2) is 18.0 Å². The summed E-state index contributed by atoms with van der Waals surface area (Å²) in [6.07, 6.45) is 4.33. The number of rotatable bonds is 6. The van der Waals surface area contributed by atoms with Gasteiger partial charge in [-0.3, -0.25) is 4.79 Å². The maximum Gasteiger partial charge on any atom is 0.223 e. The summed E-state index contributed by atoms with van der Waals surface area (Å²) in [6, 6.07) is 0. The average molecular weight is 212 g/mol. The molecule has 3 nitrogen and oxygen atoms in total. The molecule has 1 amide bonds. The molecule has 1 atom stereocenters. The first-order valence-corrected chi connectivity index (χ1v) is 5.99. The van der Waals surface area contributed by atoms with Gasteiger partial charge >= 0.3 is 0 Å². The van der Waals surface area contributed by atoms with E-state index in [2.05, 4.69) is 19.2 Å². The first-order valence-electron chi connectivity index (χ1n) is 5.99. The molecule has 1 aliphatic rings. The van der Waals surface area contributed by atoms with Crippen LogP contribution in [0.4, 0.5) is 0 Å². The lowest BCUT2D eigenvalue weighted by atomic mass is 9.96. The van der Waals surface area contributed by atoms with Gasteiger partial charge in [-0.2, -0.15) is 0 Å². The van der Waals surface area contributed by atoms with Gasteiger partial charge in [0.2, 0.25) is 5.91 Å². The average Bonchev–Trinajstić information content (AvgIpc) is 2.96. The topological polar surface area (TPSA) is 55.1 Å².